The summed E-state index contributed by atoms with van der Waals surface area (Å²) in [4.78, 5) is 4.10. The van der Waals surface area contributed by atoms with E-state index in [9.17, 15) is 0 Å². The van der Waals surface area contributed by atoms with E-state index >= 15 is 0 Å². The first-order valence-corrected chi connectivity index (χ1v) is 7.51. The van der Waals surface area contributed by atoms with Crippen LogP contribution < -0.4 is 10.6 Å². The number of benzene rings is 1. The van der Waals surface area contributed by atoms with Crippen LogP contribution in [-0.2, 0) is 6.42 Å². The maximum atomic E-state index is 5.82. The molecule has 0 bridgehead atoms. The van der Waals surface area contributed by atoms with Crippen LogP contribution in [0.4, 0.5) is 5.69 Å². The Morgan fingerprint density at radius 3 is 2.74 bits per heavy atom. The molecule has 0 aliphatic heterocycles. The SMILES string of the molecule is Cc1cccc(C(N)=S)c1N(C)CCc1cccs1. The summed E-state index contributed by atoms with van der Waals surface area (Å²) in [5.74, 6) is 0. The molecular weight excluding hydrogens is 272 g/mol. The molecule has 2 aromatic rings. The van der Waals surface area contributed by atoms with E-state index in [1.807, 2.05) is 12.1 Å². The Hall–Kier alpha value is -1.39. The number of hydrogen-bond donors (Lipinski definition) is 1. The van der Waals surface area contributed by atoms with Gasteiger partial charge in [0, 0.05) is 29.7 Å². The van der Waals surface area contributed by atoms with Crippen molar-refractivity contribution in [1.82, 2.24) is 0 Å². The van der Waals surface area contributed by atoms with E-state index in [2.05, 4.69) is 42.5 Å². The summed E-state index contributed by atoms with van der Waals surface area (Å²) in [5, 5.41) is 2.11. The second-order valence-corrected chi connectivity index (χ2v) is 6.06. The summed E-state index contributed by atoms with van der Waals surface area (Å²) in [6.07, 6.45) is 1.04. The number of thiocarbonyl (C=S) groups is 1. The average molecular weight is 290 g/mol. The molecule has 0 aliphatic carbocycles. The molecule has 0 radical (unpaired) electrons. The van der Waals surface area contributed by atoms with Crippen molar-refractivity contribution < 1.29 is 0 Å². The Labute approximate surface area is 123 Å². The minimum absolute atomic E-state index is 0.460. The van der Waals surface area contributed by atoms with Crippen molar-refractivity contribution in [2.45, 2.75) is 13.3 Å². The Bertz CT molecular complexity index is 562. The number of nitrogens with zero attached hydrogens (tertiary/aromatic N) is 1. The van der Waals surface area contributed by atoms with Gasteiger partial charge in [-0.05, 0) is 36.4 Å². The van der Waals surface area contributed by atoms with Crippen LogP contribution in [0.3, 0.4) is 0 Å². The lowest BCUT2D eigenvalue weighted by atomic mass is 10.1. The molecule has 1 heterocycles. The lowest BCUT2D eigenvalue weighted by molar-refractivity contribution is 0.882. The summed E-state index contributed by atoms with van der Waals surface area (Å²) in [5.41, 5.74) is 9.13. The van der Waals surface area contributed by atoms with Gasteiger partial charge in [-0.25, -0.2) is 0 Å². The van der Waals surface area contributed by atoms with E-state index in [1.165, 1.54) is 10.4 Å². The Kier molecular flexibility index (Phi) is 4.56. The molecule has 2 nitrogen and oxygen atoms in total. The summed E-state index contributed by atoms with van der Waals surface area (Å²) in [6, 6.07) is 10.4. The third kappa shape index (κ3) is 3.33. The smallest absolute Gasteiger partial charge is 0.106 e. The third-order valence-electron chi connectivity index (χ3n) is 3.16. The maximum absolute atomic E-state index is 5.82. The molecule has 2 rings (SSSR count). The first-order chi connectivity index (χ1) is 9.09. The van der Waals surface area contributed by atoms with Crippen LogP contribution in [0.15, 0.2) is 35.7 Å². The molecule has 0 spiro atoms. The van der Waals surface area contributed by atoms with Gasteiger partial charge in [0.15, 0.2) is 0 Å². The van der Waals surface area contributed by atoms with Crippen molar-refractivity contribution in [3.05, 3.63) is 51.7 Å². The number of anilines is 1. The highest BCUT2D eigenvalue weighted by Gasteiger charge is 2.12. The average Bonchev–Trinajstić information content (AvgIpc) is 2.88. The summed E-state index contributed by atoms with van der Waals surface area (Å²) in [6.45, 7) is 3.06. The number of likely N-dealkylation sites (N-methyl/N-ethyl adjacent to an activating group) is 1. The number of thiophene rings is 1. The number of hydrogen-bond acceptors (Lipinski definition) is 3. The second kappa shape index (κ2) is 6.17. The van der Waals surface area contributed by atoms with Crippen LogP contribution >= 0.6 is 23.6 Å². The van der Waals surface area contributed by atoms with Crippen molar-refractivity contribution >= 4 is 34.2 Å². The predicted octanol–water partition coefficient (Wildman–Crippen LogP) is 3.37. The van der Waals surface area contributed by atoms with E-state index in [0.29, 0.717) is 4.99 Å². The molecule has 0 saturated carbocycles. The maximum Gasteiger partial charge on any atom is 0.106 e. The van der Waals surface area contributed by atoms with Gasteiger partial charge in [0.2, 0.25) is 0 Å². The first-order valence-electron chi connectivity index (χ1n) is 6.22. The molecule has 1 aromatic heterocycles. The highest BCUT2D eigenvalue weighted by atomic mass is 32.1. The molecule has 19 heavy (non-hydrogen) atoms. The predicted molar refractivity (Wildman–Crippen MR) is 88.4 cm³/mol. The second-order valence-electron chi connectivity index (χ2n) is 4.59. The number of para-hydroxylation sites is 1. The van der Waals surface area contributed by atoms with Crippen molar-refractivity contribution in [2.24, 2.45) is 5.73 Å². The van der Waals surface area contributed by atoms with Crippen LogP contribution in [0.1, 0.15) is 16.0 Å². The molecule has 0 amide bonds. The molecule has 0 unspecified atom stereocenters. The minimum atomic E-state index is 0.460. The molecule has 100 valence electrons. The van der Waals surface area contributed by atoms with Gasteiger partial charge in [-0.1, -0.05) is 30.4 Å². The zero-order valence-electron chi connectivity index (χ0n) is 11.2. The first kappa shape index (κ1) is 14.0. The summed E-state index contributed by atoms with van der Waals surface area (Å²) < 4.78 is 0. The van der Waals surface area contributed by atoms with E-state index < -0.39 is 0 Å². The monoisotopic (exact) mass is 290 g/mol. The minimum Gasteiger partial charge on any atom is -0.389 e. The third-order valence-corrected chi connectivity index (χ3v) is 4.31. The fourth-order valence-electron chi connectivity index (χ4n) is 2.21. The van der Waals surface area contributed by atoms with Gasteiger partial charge in [0.05, 0.1) is 0 Å². The van der Waals surface area contributed by atoms with E-state index in [0.717, 1.165) is 24.2 Å². The van der Waals surface area contributed by atoms with Gasteiger partial charge in [0.25, 0.3) is 0 Å². The van der Waals surface area contributed by atoms with E-state index in [4.69, 9.17) is 18.0 Å². The Balaban J connectivity index is 2.18. The van der Waals surface area contributed by atoms with Crippen LogP contribution in [0.2, 0.25) is 0 Å². The van der Waals surface area contributed by atoms with Crippen molar-refractivity contribution in [1.29, 1.82) is 0 Å². The fraction of sp³-hybridized carbons (Fsp3) is 0.267. The molecule has 0 aliphatic rings. The van der Waals surface area contributed by atoms with Gasteiger partial charge in [0.1, 0.15) is 4.99 Å². The number of rotatable bonds is 5. The number of nitrogens with two attached hydrogens (primary N) is 1. The summed E-state index contributed by atoms with van der Waals surface area (Å²) in [7, 11) is 2.09. The molecule has 0 fully saturated rings. The lowest BCUT2D eigenvalue weighted by Gasteiger charge is -2.24. The van der Waals surface area contributed by atoms with Gasteiger partial charge < -0.3 is 10.6 Å². The molecule has 0 atom stereocenters. The Morgan fingerprint density at radius 1 is 1.32 bits per heavy atom. The quantitative estimate of drug-likeness (QED) is 0.856. The highest BCUT2D eigenvalue weighted by molar-refractivity contribution is 7.80. The summed E-state index contributed by atoms with van der Waals surface area (Å²) >= 11 is 6.94. The van der Waals surface area contributed by atoms with Crippen LogP contribution in [0, 0.1) is 6.92 Å². The topological polar surface area (TPSA) is 29.3 Å². The van der Waals surface area contributed by atoms with Crippen molar-refractivity contribution in [2.75, 3.05) is 18.5 Å². The molecule has 4 heteroatoms. The highest BCUT2D eigenvalue weighted by Crippen LogP contribution is 2.24. The van der Waals surface area contributed by atoms with Gasteiger partial charge >= 0.3 is 0 Å². The van der Waals surface area contributed by atoms with Crippen molar-refractivity contribution in [3.63, 3.8) is 0 Å². The Morgan fingerprint density at radius 2 is 2.11 bits per heavy atom. The van der Waals surface area contributed by atoms with E-state index in [-0.39, 0.29) is 0 Å². The number of aryl methyl sites for hydroxylation is 1. The molecule has 1 aromatic carbocycles. The standard InChI is InChI=1S/C15H18N2S2/c1-11-5-3-7-13(15(16)18)14(11)17(2)9-8-12-6-4-10-19-12/h3-7,10H,8-9H2,1-2H3,(H2,16,18). The van der Waals surface area contributed by atoms with Gasteiger partial charge in [-0.2, -0.15) is 0 Å². The van der Waals surface area contributed by atoms with E-state index in [1.54, 1.807) is 11.3 Å². The molecule has 2 N–H and O–H groups in total. The van der Waals surface area contributed by atoms with Crippen molar-refractivity contribution in [3.8, 4) is 0 Å². The fourth-order valence-corrected chi connectivity index (χ4v) is 3.07. The molecular formula is C15H18N2S2. The zero-order valence-corrected chi connectivity index (χ0v) is 12.9. The van der Waals surface area contributed by atoms with Crippen LogP contribution in [-0.4, -0.2) is 18.6 Å². The van der Waals surface area contributed by atoms with Crippen LogP contribution in [0.5, 0.6) is 0 Å². The van der Waals surface area contributed by atoms with Gasteiger partial charge in [-0.15, -0.1) is 11.3 Å². The van der Waals surface area contributed by atoms with Crippen LogP contribution in [0.25, 0.3) is 0 Å². The molecule has 0 saturated heterocycles. The lowest BCUT2D eigenvalue weighted by Crippen LogP contribution is -2.25. The zero-order chi connectivity index (χ0) is 13.8. The normalized spacial score (nSPS) is 10.4. The largest absolute Gasteiger partial charge is 0.389 e. The van der Waals surface area contributed by atoms with Gasteiger partial charge in [-0.3, -0.25) is 0 Å².